The van der Waals surface area contributed by atoms with E-state index in [0.29, 0.717) is 11.3 Å². The molecule has 3 aromatic rings. The molecule has 0 radical (unpaired) electrons. The summed E-state index contributed by atoms with van der Waals surface area (Å²) in [5.74, 6) is 0.333. The highest BCUT2D eigenvalue weighted by atomic mass is 32.2. The molecule has 0 fully saturated rings. The molecule has 1 aromatic heterocycles. The van der Waals surface area contributed by atoms with E-state index < -0.39 is 22.0 Å². The van der Waals surface area contributed by atoms with E-state index in [1.54, 1.807) is 18.2 Å². The lowest BCUT2D eigenvalue weighted by Crippen LogP contribution is -2.26. The molecule has 0 unspecified atom stereocenters. The number of sulfonamides is 1. The lowest BCUT2D eigenvalue weighted by molar-refractivity contribution is -0.112. The lowest BCUT2D eigenvalue weighted by Gasteiger charge is -2.16. The molecule has 2 N–H and O–H groups in total. The summed E-state index contributed by atoms with van der Waals surface area (Å²) < 4.78 is 38.0. The van der Waals surface area contributed by atoms with Crippen molar-refractivity contribution in [3.05, 3.63) is 95.8 Å². The molecule has 4 rings (SSSR count). The van der Waals surface area contributed by atoms with Crippen LogP contribution in [-0.4, -0.2) is 24.7 Å². The third-order valence-corrected chi connectivity index (χ3v) is 7.01. The molecule has 2 aromatic carbocycles. The number of nitrogens with zero attached hydrogens (tertiary/aromatic N) is 1. The lowest BCUT2D eigenvalue weighted by atomic mass is 10.2. The van der Waals surface area contributed by atoms with Gasteiger partial charge < -0.3 is 14.5 Å². The molecule has 0 atom stereocenters. The largest absolute Gasteiger partial charge is 0.445 e. The number of furan rings is 1. The van der Waals surface area contributed by atoms with Crippen molar-refractivity contribution in [2.24, 2.45) is 0 Å². The number of hydrogen-bond donors (Lipinski definition) is 2. The number of ether oxygens (including phenoxy) is 1. The number of benzene rings is 2. The minimum absolute atomic E-state index is 0.0676. The molecule has 1 aliphatic rings. The molecule has 2 heterocycles. The van der Waals surface area contributed by atoms with Crippen LogP contribution in [0.25, 0.3) is 0 Å². The molecular formula is C24H23N3O6S. The summed E-state index contributed by atoms with van der Waals surface area (Å²) in [4.78, 5) is 23.4. The molecule has 0 spiro atoms. The fourth-order valence-electron chi connectivity index (χ4n) is 3.42. The average Bonchev–Trinajstić information content (AvgIpc) is 3.41. The maximum absolute atomic E-state index is 13.0. The predicted octanol–water partition coefficient (Wildman–Crippen LogP) is 3.54. The van der Waals surface area contributed by atoms with Gasteiger partial charge in [-0.2, -0.15) is 4.31 Å². The zero-order valence-electron chi connectivity index (χ0n) is 18.2. The second kappa shape index (κ2) is 9.94. The van der Waals surface area contributed by atoms with E-state index in [-0.39, 0.29) is 37.0 Å². The molecule has 0 bridgehead atoms. The highest BCUT2D eigenvalue weighted by Gasteiger charge is 2.33. The standard InChI is InChI=1S/C24H23N3O6S/c1-2-22(28)26-23-12-19-14-27(15-21(19)33-23)34(30,31)20-10-8-17(9-11-20)13-25-24(29)32-16-18-6-4-3-5-7-18/h2-12H,1,13-16H2,(H,25,29)(H,26,28). The highest BCUT2D eigenvalue weighted by Crippen LogP contribution is 2.32. The Morgan fingerprint density at radius 2 is 1.79 bits per heavy atom. The molecule has 0 saturated carbocycles. The number of amides is 2. The summed E-state index contributed by atoms with van der Waals surface area (Å²) in [5.41, 5.74) is 2.30. The Morgan fingerprint density at radius 3 is 2.47 bits per heavy atom. The van der Waals surface area contributed by atoms with Crippen LogP contribution in [0.4, 0.5) is 10.7 Å². The monoisotopic (exact) mass is 481 g/mol. The summed E-state index contributed by atoms with van der Waals surface area (Å²) in [5, 5.41) is 5.16. The van der Waals surface area contributed by atoms with Gasteiger partial charge in [-0.3, -0.25) is 10.1 Å². The normalized spacial score (nSPS) is 13.2. The fourth-order valence-corrected chi connectivity index (χ4v) is 4.80. The van der Waals surface area contributed by atoms with Crippen LogP contribution < -0.4 is 10.6 Å². The van der Waals surface area contributed by atoms with Crippen LogP contribution in [0.1, 0.15) is 22.5 Å². The minimum Gasteiger partial charge on any atom is -0.445 e. The van der Waals surface area contributed by atoms with E-state index in [2.05, 4.69) is 17.2 Å². The van der Waals surface area contributed by atoms with Gasteiger partial charge in [-0.05, 0) is 29.3 Å². The summed E-state index contributed by atoms with van der Waals surface area (Å²) in [6.45, 7) is 3.95. The molecule has 176 valence electrons. The second-order valence-electron chi connectivity index (χ2n) is 7.58. The Labute approximate surface area is 197 Å². The number of alkyl carbamates (subject to hydrolysis) is 1. The number of anilines is 1. The van der Waals surface area contributed by atoms with Crippen LogP contribution in [0, 0.1) is 0 Å². The first-order valence-corrected chi connectivity index (χ1v) is 11.9. The first kappa shape index (κ1) is 23.3. The molecule has 34 heavy (non-hydrogen) atoms. The van der Waals surface area contributed by atoms with Gasteiger partial charge in [0.05, 0.1) is 11.4 Å². The average molecular weight is 482 g/mol. The van der Waals surface area contributed by atoms with Crippen LogP contribution >= 0.6 is 0 Å². The number of hydrogen-bond acceptors (Lipinski definition) is 6. The number of carbonyl (C=O) groups excluding carboxylic acids is 2. The summed E-state index contributed by atoms with van der Waals surface area (Å²) >= 11 is 0. The predicted molar refractivity (Wildman–Crippen MR) is 124 cm³/mol. The van der Waals surface area contributed by atoms with Gasteiger partial charge in [-0.15, -0.1) is 0 Å². The van der Waals surface area contributed by atoms with Crippen molar-refractivity contribution in [3.8, 4) is 0 Å². The van der Waals surface area contributed by atoms with Crippen molar-refractivity contribution in [2.45, 2.75) is 31.1 Å². The van der Waals surface area contributed by atoms with Crippen molar-refractivity contribution in [1.29, 1.82) is 0 Å². The zero-order valence-corrected chi connectivity index (χ0v) is 19.0. The second-order valence-corrected chi connectivity index (χ2v) is 9.52. The van der Waals surface area contributed by atoms with E-state index in [1.807, 2.05) is 30.3 Å². The van der Waals surface area contributed by atoms with Crippen LogP contribution in [0.2, 0.25) is 0 Å². The summed E-state index contributed by atoms with van der Waals surface area (Å²) in [6, 6.07) is 17.2. The molecule has 9 nitrogen and oxygen atoms in total. The SMILES string of the molecule is C=CC(=O)Nc1cc2c(o1)CN(S(=O)(=O)c1ccc(CNC(=O)OCc3ccccc3)cc1)C2. The van der Waals surface area contributed by atoms with Crippen LogP contribution in [-0.2, 0) is 45.8 Å². The minimum atomic E-state index is -3.75. The van der Waals surface area contributed by atoms with Gasteiger partial charge in [0, 0.05) is 24.7 Å². The zero-order chi connectivity index (χ0) is 24.1. The Kier molecular flexibility index (Phi) is 6.80. The quantitative estimate of drug-likeness (QED) is 0.475. The highest BCUT2D eigenvalue weighted by molar-refractivity contribution is 7.89. The third kappa shape index (κ3) is 5.36. The first-order valence-electron chi connectivity index (χ1n) is 10.4. The van der Waals surface area contributed by atoms with E-state index in [0.717, 1.165) is 17.2 Å². The van der Waals surface area contributed by atoms with Gasteiger partial charge in [0.1, 0.15) is 12.4 Å². The molecule has 0 aliphatic carbocycles. The van der Waals surface area contributed by atoms with Gasteiger partial charge >= 0.3 is 6.09 Å². The van der Waals surface area contributed by atoms with Gasteiger partial charge in [-0.25, -0.2) is 13.2 Å². The maximum Gasteiger partial charge on any atom is 0.407 e. The number of fused-ring (bicyclic) bond motifs is 1. The van der Waals surface area contributed by atoms with Gasteiger partial charge in [0.2, 0.25) is 15.9 Å². The Bertz CT molecular complexity index is 1280. The maximum atomic E-state index is 13.0. The van der Waals surface area contributed by atoms with E-state index in [1.165, 1.54) is 16.4 Å². The van der Waals surface area contributed by atoms with Gasteiger partial charge in [-0.1, -0.05) is 49.0 Å². The van der Waals surface area contributed by atoms with Crippen molar-refractivity contribution < 1.29 is 27.2 Å². The number of carbonyl (C=O) groups is 2. The number of rotatable bonds is 8. The third-order valence-electron chi connectivity index (χ3n) is 5.21. The Hall–Kier alpha value is -3.89. The van der Waals surface area contributed by atoms with Crippen LogP contribution in [0.5, 0.6) is 0 Å². The van der Waals surface area contributed by atoms with E-state index in [4.69, 9.17) is 9.15 Å². The summed E-state index contributed by atoms with van der Waals surface area (Å²) in [7, 11) is -3.75. The van der Waals surface area contributed by atoms with Crippen molar-refractivity contribution in [2.75, 3.05) is 5.32 Å². The van der Waals surface area contributed by atoms with Crippen molar-refractivity contribution in [3.63, 3.8) is 0 Å². The number of nitrogens with one attached hydrogen (secondary N) is 2. The van der Waals surface area contributed by atoms with Crippen LogP contribution in [0.3, 0.4) is 0 Å². The molecular weight excluding hydrogens is 458 g/mol. The smallest absolute Gasteiger partial charge is 0.407 e. The Morgan fingerprint density at radius 1 is 1.06 bits per heavy atom. The van der Waals surface area contributed by atoms with Crippen molar-refractivity contribution in [1.82, 2.24) is 9.62 Å². The van der Waals surface area contributed by atoms with E-state index in [9.17, 15) is 18.0 Å². The van der Waals surface area contributed by atoms with Gasteiger partial charge in [0.25, 0.3) is 0 Å². The molecule has 0 saturated heterocycles. The topological polar surface area (TPSA) is 118 Å². The first-order chi connectivity index (χ1) is 16.3. The van der Waals surface area contributed by atoms with Crippen LogP contribution in [0.15, 0.2) is 82.6 Å². The fraction of sp³-hybridized carbons (Fsp3) is 0.167. The van der Waals surface area contributed by atoms with Gasteiger partial charge in [0.15, 0.2) is 5.88 Å². The molecule has 1 aliphatic heterocycles. The van der Waals surface area contributed by atoms with E-state index >= 15 is 0 Å². The van der Waals surface area contributed by atoms with Crippen molar-refractivity contribution >= 4 is 27.9 Å². The Balaban J connectivity index is 1.31. The summed E-state index contributed by atoms with van der Waals surface area (Å²) in [6.07, 6.45) is 0.562. The molecule has 2 amide bonds. The molecule has 10 heteroatoms.